The molecule has 0 bridgehead atoms. The fourth-order valence-corrected chi connectivity index (χ4v) is 10.7. The standard InChI is InChI=1S/C40H65N5O8S/c1-7-22-41-35(48)33(46)29(19-18-26-16-17-26)42-34(47)32-28-23-39(5,6)53-30(28)24-45(32)36(49)31(27-14-10-8-11-15-27)43-37(50)44-40(20-12-9-13-21-40)25-54(51,52)38(2,3)4/h7,26-32H,1,8-25H2,2-6H3,(H,41,48)(H,42,47)(H2,43,44,50)/t28-,29?,30-,31-,32-/m0/s1. The predicted molar refractivity (Wildman–Crippen MR) is 206 cm³/mol. The van der Waals surface area contributed by atoms with E-state index in [-0.39, 0.29) is 30.7 Å². The highest BCUT2D eigenvalue weighted by molar-refractivity contribution is 7.92. The molecule has 0 spiro atoms. The summed E-state index contributed by atoms with van der Waals surface area (Å²) in [5, 5.41) is 11.5. The van der Waals surface area contributed by atoms with Crippen LogP contribution in [0.25, 0.3) is 0 Å². The van der Waals surface area contributed by atoms with Crippen LogP contribution in [0, 0.1) is 17.8 Å². The molecule has 3 saturated carbocycles. The third-order valence-electron chi connectivity index (χ3n) is 12.4. The van der Waals surface area contributed by atoms with Crippen molar-refractivity contribution in [1.82, 2.24) is 26.2 Å². The molecule has 2 aliphatic heterocycles. The highest BCUT2D eigenvalue weighted by Gasteiger charge is 2.57. The van der Waals surface area contributed by atoms with E-state index in [4.69, 9.17) is 4.74 Å². The number of carbonyl (C=O) groups is 5. The first-order valence-corrected chi connectivity index (χ1v) is 22.0. The lowest BCUT2D eigenvalue weighted by molar-refractivity contribution is -0.144. The third kappa shape index (κ3) is 10.2. The molecule has 2 heterocycles. The zero-order chi connectivity index (χ0) is 39.5. The number of sulfone groups is 1. The van der Waals surface area contributed by atoms with Gasteiger partial charge in [0.25, 0.3) is 5.91 Å². The van der Waals surface area contributed by atoms with Crippen molar-refractivity contribution >= 4 is 39.4 Å². The van der Waals surface area contributed by atoms with Crippen molar-refractivity contribution < 1.29 is 37.1 Å². The van der Waals surface area contributed by atoms with Gasteiger partial charge in [0.15, 0.2) is 9.84 Å². The third-order valence-corrected chi connectivity index (χ3v) is 15.2. The Hall–Kier alpha value is -3.00. The number of carbonyl (C=O) groups excluding carboxylic acids is 5. The molecule has 4 N–H and O–H groups in total. The Kier molecular flexibility index (Phi) is 13.3. The fourth-order valence-electron chi connectivity index (χ4n) is 9.14. The Morgan fingerprint density at radius 3 is 2.20 bits per heavy atom. The highest BCUT2D eigenvalue weighted by Crippen LogP contribution is 2.44. The zero-order valence-corrected chi connectivity index (χ0v) is 34.0. The summed E-state index contributed by atoms with van der Waals surface area (Å²) in [6, 6.07) is -3.57. The first-order chi connectivity index (χ1) is 25.4. The normalized spacial score (nSPS) is 26.5. The number of amides is 5. The van der Waals surface area contributed by atoms with Crippen molar-refractivity contribution in [3.05, 3.63) is 12.7 Å². The molecule has 0 aromatic carbocycles. The first-order valence-electron chi connectivity index (χ1n) is 20.4. The first kappa shape index (κ1) is 42.1. The Balaban J connectivity index is 1.40. The number of nitrogens with zero attached hydrogens (tertiary/aromatic N) is 1. The summed E-state index contributed by atoms with van der Waals surface area (Å²) in [6.07, 6.45) is 12.5. The van der Waals surface area contributed by atoms with E-state index in [0.29, 0.717) is 38.0 Å². The van der Waals surface area contributed by atoms with Crippen LogP contribution in [0.1, 0.15) is 131 Å². The van der Waals surface area contributed by atoms with Gasteiger partial charge in [0.2, 0.25) is 17.6 Å². The highest BCUT2D eigenvalue weighted by atomic mass is 32.2. The van der Waals surface area contributed by atoms with Crippen LogP contribution >= 0.6 is 0 Å². The van der Waals surface area contributed by atoms with Gasteiger partial charge in [0.1, 0.15) is 12.1 Å². The molecule has 5 atom stereocenters. The van der Waals surface area contributed by atoms with Gasteiger partial charge >= 0.3 is 6.03 Å². The van der Waals surface area contributed by atoms with Crippen molar-refractivity contribution in [2.75, 3.05) is 18.8 Å². The molecule has 13 nitrogen and oxygen atoms in total. The topological polar surface area (TPSA) is 180 Å². The van der Waals surface area contributed by atoms with Crippen LogP contribution in [0.2, 0.25) is 0 Å². The van der Waals surface area contributed by atoms with E-state index in [1.165, 1.54) is 11.0 Å². The minimum atomic E-state index is -3.58. The molecule has 5 amide bonds. The Bertz CT molecular complexity index is 1520. The lowest BCUT2D eigenvalue weighted by Gasteiger charge is -2.41. The molecule has 14 heteroatoms. The average molecular weight is 776 g/mol. The smallest absolute Gasteiger partial charge is 0.315 e. The van der Waals surface area contributed by atoms with Crippen LogP contribution in [0.3, 0.4) is 0 Å². The molecule has 0 radical (unpaired) electrons. The van der Waals surface area contributed by atoms with Crippen LogP contribution in [-0.4, -0.2) is 102 Å². The second kappa shape index (κ2) is 17.0. The average Bonchev–Trinajstić information content (AvgIpc) is 3.80. The predicted octanol–water partition coefficient (Wildman–Crippen LogP) is 4.09. The van der Waals surface area contributed by atoms with E-state index in [1.807, 2.05) is 13.8 Å². The maximum absolute atomic E-state index is 14.9. The maximum Gasteiger partial charge on any atom is 0.315 e. The van der Waals surface area contributed by atoms with E-state index in [9.17, 15) is 32.4 Å². The summed E-state index contributed by atoms with van der Waals surface area (Å²) in [5.74, 6) is -2.69. The Morgan fingerprint density at radius 2 is 1.59 bits per heavy atom. The maximum atomic E-state index is 14.9. The van der Waals surface area contributed by atoms with Crippen LogP contribution in [0.4, 0.5) is 4.79 Å². The van der Waals surface area contributed by atoms with Crippen LogP contribution < -0.4 is 21.3 Å². The number of urea groups is 1. The van der Waals surface area contributed by atoms with Crippen molar-refractivity contribution in [2.24, 2.45) is 17.8 Å². The summed E-state index contributed by atoms with van der Waals surface area (Å²) in [5.41, 5.74) is -1.49. The molecule has 304 valence electrons. The molecule has 2 saturated heterocycles. The van der Waals surface area contributed by atoms with Crippen molar-refractivity contribution in [2.45, 2.75) is 171 Å². The lowest BCUT2D eigenvalue weighted by atomic mass is 9.82. The van der Waals surface area contributed by atoms with Gasteiger partial charge in [0.05, 0.1) is 33.8 Å². The molecule has 5 aliphatic rings. The van der Waals surface area contributed by atoms with Gasteiger partial charge in [-0.25, -0.2) is 13.2 Å². The summed E-state index contributed by atoms with van der Waals surface area (Å²) in [7, 11) is -3.58. The number of hydrogen-bond donors (Lipinski definition) is 4. The van der Waals surface area contributed by atoms with Crippen LogP contribution in [0.5, 0.6) is 0 Å². The number of ether oxygens (including phenoxy) is 1. The molecular weight excluding hydrogens is 711 g/mol. The van der Waals surface area contributed by atoms with Gasteiger partial charge in [0, 0.05) is 19.0 Å². The molecule has 5 rings (SSSR count). The number of fused-ring (bicyclic) bond motifs is 1. The van der Waals surface area contributed by atoms with Gasteiger partial charge in [-0.3, -0.25) is 19.2 Å². The van der Waals surface area contributed by atoms with Gasteiger partial charge in [-0.15, -0.1) is 6.58 Å². The van der Waals surface area contributed by atoms with E-state index in [1.54, 1.807) is 20.8 Å². The number of Topliss-reactive ketones (excluding diaryl/α,β-unsaturated/α-hetero) is 1. The van der Waals surface area contributed by atoms with Crippen molar-refractivity contribution in [3.8, 4) is 0 Å². The summed E-state index contributed by atoms with van der Waals surface area (Å²) >= 11 is 0. The number of nitrogens with one attached hydrogen (secondary N) is 4. The number of hydrogen-bond acceptors (Lipinski definition) is 8. The second-order valence-electron chi connectivity index (χ2n) is 18.4. The number of ketones is 1. The monoisotopic (exact) mass is 775 g/mol. The lowest BCUT2D eigenvalue weighted by Crippen LogP contribution is -2.63. The number of likely N-dealkylation sites (tertiary alicyclic amines) is 1. The van der Waals surface area contributed by atoms with Crippen LogP contribution in [0.15, 0.2) is 12.7 Å². The summed E-state index contributed by atoms with van der Waals surface area (Å²) in [4.78, 5) is 71.1. The molecule has 1 unspecified atom stereocenters. The molecule has 54 heavy (non-hydrogen) atoms. The quantitative estimate of drug-likeness (QED) is 0.142. The van der Waals surface area contributed by atoms with Gasteiger partial charge < -0.3 is 30.9 Å². The minimum absolute atomic E-state index is 0.117. The SMILES string of the molecule is C=CCNC(=O)C(=O)C(CCC1CC1)NC(=O)[C@@H]1[C@H]2CC(C)(C)O[C@H]2CN1C(=O)[C@@H](NC(=O)NC1(CS(=O)(=O)C(C)(C)C)CCCCC1)C1CCCCC1. The van der Waals surface area contributed by atoms with E-state index in [0.717, 1.165) is 64.2 Å². The van der Waals surface area contributed by atoms with Gasteiger partial charge in [-0.2, -0.15) is 0 Å². The van der Waals surface area contributed by atoms with Crippen LogP contribution in [-0.2, 0) is 33.8 Å². The number of rotatable bonds is 15. The van der Waals surface area contributed by atoms with E-state index in [2.05, 4.69) is 27.8 Å². The largest absolute Gasteiger partial charge is 0.370 e. The van der Waals surface area contributed by atoms with E-state index < -0.39 is 79.5 Å². The summed E-state index contributed by atoms with van der Waals surface area (Å²) in [6.45, 7) is 12.8. The van der Waals surface area contributed by atoms with Crippen molar-refractivity contribution in [3.63, 3.8) is 0 Å². The Labute approximate surface area is 322 Å². The van der Waals surface area contributed by atoms with Gasteiger partial charge in [-0.1, -0.05) is 57.4 Å². The zero-order valence-electron chi connectivity index (χ0n) is 33.2. The van der Waals surface area contributed by atoms with Gasteiger partial charge in [-0.05, 0) is 91.4 Å². The molecule has 0 aromatic rings. The Morgan fingerprint density at radius 1 is 0.944 bits per heavy atom. The van der Waals surface area contributed by atoms with Crippen molar-refractivity contribution in [1.29, 1.82) is 0 Å². The fraction of sp³-hybridized carbons (Fsp3) is 0.825. The molecule has 3 aliphatic carbocycles. The molecular formula is C40H65N5O8S. The molecule has 0 aromatic heterocycles. The minimum Gasteiger partial charge on any atom is -0.370 e. The molecule has 5 fully saturated rings. The summed E-state index contributed by atoms with van der Waals surface area (Å²) < 4.78 is 32.3. The second-order valence-corrected chi connectivity index (χ2v) is 21.1. The van der Waals surface area contributed by atoms with E-state index >= 15 is 0 Å².